The molecule has 0 saturated heterocycles. The second-order valence-corrected chi connectivity index (χ2v) is 5.48. The predicted octanol–water partition coefficient (Wildman–Crippen LogP) is 5.73. The van der Waals surface area contributed by atoms with Crippen LogP contribution in [0.2, 0.25) is 5.02 Å². The molecule has 0 amide bonds. The summed E-state index contributed by atoms with van der Waals surface area (Å²) < 4.78 is 5.89. The van der Waals surface area contributed by atoms with E-state index in [0.717, 1.165) is 21.9 Å². The van der Waals surface area contributed by atoms with E-state index < -0.39 is 0 Å². The Bertz CT molecular complexity index is 802. The maximum absolute atomic E-state index is 6.22. The van der Waals surface area contributed by atoms with Crippen LogP contribution in [0.3, 0.4) is 0 Å². The molecule has 4 heteroatoms. The molecule has 0 spiro atoms. The summed E-state index contributed by atoms with van der Waals surface area (Å²) in [6.07, 6.45) is 1.74. The van der Waals surface area contributed by atoms with Crippen molar-refractivity contribution in [2.75, 3.05) is 0 Å². The van der Waals surface area contributed by atoms with Gasteiger partial charge in [-0.05, 0) is 41.6 Å². The van der Waals surface area contributed by atoms with Gasteiger partial charge in [0.05, 0.1) is 5.02 Å². The third-order valence-electron chi connectivity index (χ3n) is 3.28. The number of benzene rings is 2. The highest BCUT2D eigenvalue weighted by Gasteiger charge is 2.10. The summed E-state index contributed by atoms with van der Waals surface area (Å²) in [5.74, 6) is 1.54. The molecule has 0 saturated carbocycles. The maximum Gasteiger partial charge on any atom is 0.227 e. The molecule has 0 aliphatic rings. The number of hydrogen-bond acceptors (Lipinski definition) is 2. The number of rotatable bonds is 3. The summed E-state index contributed by atoms with van der Waals surface area (Å²) in [5.41, 5.74) is 2.07. The molecule has 0 radical (unpaired) electrons. The number of nitrogens with zero attached hydrogens (tertiary/aromatic N) is 1. The monoisotopic (exact) mass is 317 g/mol. The number of aryl methyl sites for hydroxylation is 1. The molecule has 0 atom stereocenters. The van der Waals surface area contributed by atoms with Crippen molar-refractivity contribution in [3.8, 4) is 11.6 Å². The van der Waals surface area contributed by atoms with E-state index >= 15 is 0 Å². The van der Waals surface area contributed by atoms with Gasteiger partial charge in [-0.2, -0.15) is 0 Å². The number of hydrogen-bond donors (Lipinski definition) is 0. The van der Waals surface area contributed by atoms with Crippen molar-refractivity contribution in [1.82, 2.24) is 4.98 Å². The summed E-state index contributed by atoms with van der Waals surface area (Å²) in [6, 6.07) is 13.6. The first-order valence-corrected chi connectivity index (χ1v) is 7.47. The molecule has 0 bridgehead atoms. The molecule has 0 unspecified atom stereocenters. The van der Waals surface area contributed by atoms with Gasteiger partial charge in [0, 0.05) is 17.5 Å². The van der Waals surface area contributed by atoms with Gasteiger partial charge in [-0.25, -0.2) is 4.98 Å². The smallest absolute Gasteiger partial charge is 0.227 e. The topological polar surface area (TPSA) is 22.1 Å². The van der Waals surface area contributed by atoms with Gasteiger partial charge in [0.15, 0.2) is 0 Å². The van der Waals surface area contributed by atoms with Gasteiger partial charge in [-0.1, -0.05) is 35.9 Å². The highest BCUT2D eigenvalue weighted by Crippen LogP contribution is 2.34. The fourth-order valence-electron chi connectivity index (χ4n) is 2.21. The Labute approximate surface area is 133 Å². The van der Waals surface area contributed by atoms with Crippen molar-refractivity contribution < 1.29 is 4.74 Å². The zero-order valence-electron chi connectivity index (χ0n) is 11.4. The first-order chi connectivity index (χ1) is 10.2. The maximum atomic E-state index is 6.22. The van der Waals surface area contributed by atoms with Gasteiger partial charge in [0.2, 0.25) is 5.88 Å². The predicted molar refractivity (Wildman–Crippen MR) is 87.6 cm³/mol. The van der Waals surface area contributed by atoms with E-state index in [4.69, 9.17) is 27.9 Å². The van der Waals surface area contributed by atoms with E-state index in [0.29, 0.717) is 22.5 Å². The Morgan fingerprint density at radius 2 is 1.86 bits per heavy atom. The van der Waals surface area contributed by atoms with Crippen LogP contribution in [0, 0.1) is 6.92 Å². The molecule has 2 aromatic carbocycles. The van der Waals surface area contributed by atoms with Gasteiger partial charge in [-0.3, -0.25) is 0 Å². The molecule has 2 nitrogen and oxygen atoms in total. The largest absolute Gasteiger partial charge is 0.437 e. The zero-order chi connectivity index (χ0) is 14.8. The van der Waals surface area contributed by atoms with Crippen LogP contribution in [0.5, 0.6) is 11.6 Å². The van der Waals surface area contributed by atoms with Crippen LogP contribution < -0.4 is 4.74 Å². The van der Waals surface area contributed by atoms with E-state index in [1.165, 1.54) is 0 Å². The lowest BCUT2D eigenvalue weighted by Crippen LogP contribution is -1.93. The van der Waals surface area contributed by atoms with Gasteiger partial charge < -0.3 is 4.74 Å². The molecule has 1 heterocycles. The summed E-state index contributed by atoms with van der Waals surface area (Å²) in [7, 11) is 0. The minimum Gasteiger partial charge on any atom is -0.437 e. The van der Waals surface area contributed by atoms with Crippen molar-refractivity contribution >= 4 is 34.0 Å². The molecule has 0 aliphatic carbocycles. The number of pyridine rings is 1. The number of ether oxygens (including phenoxy) is 1. The van der Waals surface area contributed by atoms with Gasteiger partial charge >= 0.3 is 0 Å². The van der Waals surface area contributed by atoms with E-state index in [1.807, 2.05) is 49.4 Å². The lowest BCUT2D eigenvalue weighted by Gasteiger charge is -2.11. The number of halogens is 2. The van der Waals surface area contributed by atoms with Gasteiger partial charge in [0.1, 0.15) is 5.75 Å². The number of aromatic nitrogens is 1. The van der Waals surface area contributed by atoms with Crippen LogP contribution in [0.1, 0.15) is 11.1 Å². The minimum atomic E-state index is 0.416. The molecule has 0 fully saturated rings. The molecule has 21 heavy (non-hydrogen) atoms. The normalized spacial score (nSPS) is 10.8. The van der Waals surface area contributed by atoms with Crippen LogP contribution in [0.15, 0.2) is 48.7 Å². The Hall–Kier alpha value is -1.77. The van der Waals surface area contributed by atoms with Crippen molar-refractivity contribution in [3.63, 3.8) is 0 Å². The summed E-state index contributed by atoms with van der Waals surface area (Å²) >= 11 is 12.2. The average Bonchev–Trinajstić information content (AvgIpc) is 2.50. The molecular weight excluding hydrogens is 305 g/mol. The molecule has 0 N–H and O–H groups in total. The Kier molecular flexibility index (Phi) is 4.00. The molecular formula is C17H13Cl2NO. The molecule has 1 aromatic heterocycles. The van der Waals surface area contributed by atoms with E-state index in [-0.39, 0.29) is 0 Å². The molecule has 0 aliphatic heterocycles. The van der Waals surface area contributed by atoms with Crippen molar-refractivity contribution in [3.05, 3.63) is 64.8 Å². The van der Waals surface area contributed by atoms with Crippen molar-refractivity contribution in [2.24, 2.45) is 0 Å². The number of alkyl halides is 1. The third kappa shape index (κ3) is 2.82. The van der Waals surface area contributed by atoms with Crippen LogP contribution >= 0.6 is 23.2 Å². The van der Waals surface area contributed by atoms with Crippen LogP contribution in [-0.4, -0.2) is 4.98 Å². The third-order valence-corrected chi connectivity index (χ3v) is 3.86. The van der Waals surface area contributed by atoms with Crippen LogP contribution in [0.25, 0.3) is 10.8 Å². The van der Waals surface area contributed by atoms with Crippen molar-refractivity contribution in [1.29, 1.82) is 0 Å². The highest BCUT2D eigenvalue weighted by atomic mass is 35.5. The SMILES string of the molecule is Cc1ccc(Oc2ncc(CCl)c3ccccc23)c(Cl)c1. The first-order valence-electron chi connectivity index (χ1n) is 6.55. The van der Waals surface area contributed by atoms with Gasteiger partial charge in [0.25, 0.3) is 0 Å². The second kappa shape index (κ2) is 5.92. The van der Waals surface area contributed by atoms with Crippen LogP contribution in [0.4, 0.5) is 0 Å². The van der Waals surface area contributed by atoms with E-state index in [9.17, 15) is 0 Å². The lowest BCUT2D eigenvalue weighted by molar-refractivity contribution is 0.469. The zero-order valence-corrected chi connectivity index (χ0v) is 12.9. The van der Waals surface area contributed by atoms with Crippen LogP contribution in [-0.2, 0) is 5.88 Å². The molecule has 3 aromatic rings. The Balaban J connectivity index is 2.09. The lowest BCUT2D eigenvalue weighted by atomic mass is 10.1. The fraction of sp³-hybridized carbons (Fsp3) is 0.118. The minimum absolute atomic E-state index is 0.416. The van der Waals surface area contributed by atoms with E-state index in [1.54, 1.807) is 6.20 Å². The Morgan fingerprint density at radius 1 is 1.10 bits per heavy atom. The molecule has 3 rings (SSSR count). The van der Waals surface area contributed by atoms with Crippen molar-refractivity contribution in [2.45, 2.75) is 12.8 Å². The number of fused-ring (bicyclic) bond motifs is 1. The van der Waals surface area contributed by atoms with Gasteiger partial charge in [-0.15, -0.1) is 11.6 Å². The average molecular weight is 318 g/mol. The second-order valence-electron chi connectivity index (χ2n) is 4.80. The Morgan fingerprint density at radius 3 is 2.57 bits per heavy atom. The van der Waals surface area contributed by atoms with E-state index in [2.05, 4.69) is 4.98 Å². The fourth-order valence-corrected chi connectivity index (χ4v) is 2.69. The summed E-state index contributed by atoms with van der Waals surface area (Å²) in [4.78, 5) is 4.37. The standard InChI is InChI=1S/C17H13Cl2NO/c1-11-6-7-16(15(19)8-11)21-17-14-5-3-2-4-13(14)12(9-18)10-20-17/h2-8,10H,9H2,1H3. The highest BCUT2D eigenvalue weighted by molar-refractivity contribution is 6.32. The summed E-state index contributed by atoms with van der Waals surface area (Å²) in [6.45, 7) is 1.98. The quantitative estimate of drug-likeness (QED) is 0.576. The molecule has 106 valence electrons. The first kappa shape index (κ1) is 14.2. The summed E-state index contributed by atoms with van der Waals surface area (Å²) in [5, 5.41) is 2.54.